The van der Waals surface area contributed by atoms with Gasteiger partial charge in [-0.15, -0.1) is 0 Å². The number of amides is 1. The van der Waals surface area contributed by atoms with Gasteiger partial charge in [0.25, 0.3) is 0 Å². The molecule has 1 amide bonds. The summed E-state index contributed by atoms with van der Waals surface area (Å²) in [4.78, 5) is 19.0. The third-order valence-electron chi connectivity index (χ3n) is 10.6. The van der Waals surface area contributed by atoms with Crippen LogP contribution in [-0.2, 0) is 10.2 Å². The van der Waals surface area contributed by atoms with Crippen LogP contribution in [0.3, 0.4) is 0 Å². The molecule has 10 heteroatoms. The fourth-order valence-electron chi connectivity index (χ4n) is 8.46. The topological polar surface area (TPSA) is 71.8 Å². The number of carbonyl (C=O) groups is 1. The number of rotatable bonds is 9. The lowest BCUT2D eigenvalue weighted by Gasteiger charge is -2.54. The second-order valence-electron chi connectivity index (χ2n) is 13.3. The lowest BCUT2D eigenvalue weighted by atomic mass is 9.57. The number of piperidine rings is 1. The molecule has 3 atom stereocenters. The Morgan fingerprint density at radius 1 is 1.00 bits per heavy atom. The van der Waals surface area contributed by atoms with E-state index in [4.69, 9.17) is 10.00 Å². The number of nitrogens with zero attached hydrogens (tertiary/aromatic N) is 4. The summed E-state index contributed by atoms with van der Waals surface area (Å²) in [5.41, 5.74) is 0.277. The van der Waals surface area contributed by atoms with E-state index in [-0.39, 0.29) is 17.9 Å². The summed E-state index contributed by atoms with van der Waals surface area (Å²) in [5.74, 6) is -1.08. The Bertz CT molecular complexity index is 1350. The van der Waals surface area contributed by atoms with Gasteiger partial charge in [-0.1, -0.05) is 6.42 Å². The normalized spacial score (nSPS) is 25.4. The first kappa shape index (κ1) is 30.7. The Morgan fingerprint density at radius 2 is 1.68 bits per heavy atom. The Balaban J connectivity index is 1.21. The Hall–Kier alpha value is -3.29. The molecule has 6 rings (SSSR count). The van der Waals surface area contributed by atoms with Crippen molar-refractivity contribution in [2.45, 2.75) is 55.7 Å². The van der Waals surface area contributed by atoms with Gasteiger partial charge in [-0.2, -0.15) is 5.26 Å². The maximum Gasteiger partial charge on any atom is 0.407 e. The van der Waals surface area contributed by atoms with Crippen molar-refractivity contribution >= 4 is 11.8 Å². The van der Waals surface area contributed by atoms with E-state index in [1.165, 1.54) is 19.2 Å². The van der Waals surface area contributed by atoms with Crippen molar-refractivity contribution in [3.8, 4) is 6.07 Å². The minimum atomic E-state index is -1.32. The molecule has 44 heavy (non-hydrogen) atoms. The number of nitriles is 1. The van der Waals surface area contributed by atoms with Gasteiger partial charge in [-0.25, -0.2) is 18.0 Å². The van der Waals surface area contributed by atoms with Crippen LogP contribution in [0, 0.1) is 34.8 Å². The number of alkyl carbamates (subject to hydrolysis) is 1. The van der Waals surface area contributed by atoms with Crippen LogP contribution < -0.4 is 10.2 Å². The number of benzene rings is 2. The lowest BCUT2D eigenvalue weighted by Crippen LogP contribution is -2.65. The quantitative estimate of drug-likeness (QED) is 0.419. The monoisotopic (exact) mass is 609 g/mol. The van der Waals surface area contributed by atoms with Gasteiger partial charge in [-0.3, -0.25) is 4.90 Å². The van der Waals surface area contributed by atoms with Gasteiger partial charge < -0.3 is 19.9 Å². The van der Waals surface area contributed by atoms with E-state index < -0.39 is 28.8 Å². The summed E-state index contributed by atoms with van der Waals surface area (Å²) >= 11 is 0. The molecule has 0 aromatic heterocycles. The Kier molecular flexibility index (Phi) is 8.80. The zero-order chi connectivity index (χ0) is 30.9. The third kappa shape index (κ3) is 6.14. The molecule has 2 aromatic rings. The van der Waals surface area contributed by atoms with Crippen molar-refractivity contribution < 1.29 is 22.7 Å². The van der Waals surface area contributed by atoms with Crippen LogP contribution in [0.15, 0.2) is 42.5 Å². The van der Waals surface area contributed by atoms with Crippen LogP contribution in [0.4, 0.5) is 23.7 Å². The fourth-order valence-corrected chi connectivity index (χ4v) is 8.46. The largest absolute Gasteiger partial charge is 0.453 e. The van der Waals surface area contributed by atoms with E-state index in [2.05, 4.69) is 21.2 Å². The van der Waals surface area contributed by atoms with Gasteiger partial charge in [0.2, 0.25) is 0 Å². The van der Waals surface area contributed by atoms with E-state index >= 15 is 4.39 Å². The molecule has 3 aliphatic heterocycles. The van der Waals surface area contributed by atoms with E-state index in [0.29, 0.717) is 50.4 Å². The number of anilines is 1. The van der Waals surface area contributed by atoms with Gasteiger partial charge in [0.1, 0.15) is 11.6 Å². The van der Waals surface area contributed by atoms with Crippen LogP contribution in [0.1, 0.15) is 49.7 Å². The maximum absolute atomic E-state index is 15.9. The molecule has 0 radical (unpaired) electrons. The molecule has 7 nitrogen and oxygen atoms in total. The minimum Gasteiger partial charge on any atom is -0.453 e. The standard InChI is InChI=1S/C34H42F3N5O2/c1-44-32(43)39-31-5-2-4-30(31)34(23-40-12-3-13-40,26-16-27(35)18-28(36)17-26)25-10-14-41(15-11-25)20-33(37)21-42(22-33)29-8-6-24(19-38)7-9-29/h6-9,16-18,25,30-31H,2-5,10-15,20-23H2,1H3,(H,39,43)/t30-,31-,34?/m0/s1. The summed E-state index contributed by atoms with van der Waals surface area (Å²) in [6.07, 6.45) is 4.73. The van der Waals surface area contributed by atoms with E-state index in [9.17, 15) is 13.6 Å². The molecule has 3 heterocycles. The third-order valence-corrected chi connectivity index (χ3v) is 10.6. The number of ether oxygens (including phenoxy) is 1. The van der Waals surface area contributed by atoms with Crippen LogP contribution in [0.25, 0.3) is 0 Å². The first-order valence-corrected chi connectivity index (χ1v) is 15.9. The number of hydrogen-bond donors (Lipinski definition) is 1. The summed E-state index contributed by atoms with van der Waals surface area (Å²) in [5, 5.41) is 12.1. The highest BCUT2D eigenvalue weighted by Crippen LogP contribution is 2.52. The number of methoxy groups -OCH3 is 1. The van der Waals surface area contributed by atoms with Crippen LogP contribution in [-0.4, -0.2) is 87.1 Å². The van der Waals surface area contributed by atoms with Crippen molar-refractivity contribution in [1.29, 1.82) is 5.26 Å². The zero-order valence-electron chi connectivity index (χ0n) is 25.4. The second-order valence-corrected chi connectivity index (χ2v) is 13.3. The van der Waals surface area contributed by atoms with Crippen LogP contribution >= 0.6 is 0 Å². The van der Waals surface area contributed by atoms with Gasteiger partial charge in [0.15, 0.2) is 5.67 Å². The van der Waals surface area contributed by atoms with Crippen LogP contribution in [0.5, 0.6) is 0 Å². The van der Waals surface area contributed by atoms with Gasteiger partial charge in [0.05, 0.1) is 31.8 Å². The molecule has 4 fully saturated rings. The average molecular weight is 610 g/mol. The predicted octanol–water partition coefficient (Wildman–Crippen LogP) is 5.25. The molecule has 0 bridgehead atoms. The summed E-state index contributed by atoms with van der Waals surface area (Å²) in [6.45, 7) is 4.93. The molecular weight excluding hydrogens is 567 g/mol. The molecule has 3 saturated heterocycles. The number of nitrogens with one attached hydrogen (secondary N) is 1. The molecule has 1 saturated carbocycles. The number of hydrogen-bond acceptors (Lipinski definition) is 6. The number of likely N-dealkylation sites (tertiary alicyclic amines) is 2. The van der Waals surface area contributed by atoms with Crippen LogP contribution in [0.2, 0.25) is 0 Å². The molecule has 236 valence electrons. The molecule has 1 aliphatic carbocycles. The first-order valence-electron chi connectivity index (χ1n) is 15.9. The van der Waals surface area contributed by atoms with Gasteiger partial charge in [-0.05, 0) is 112 Å². The molecule has 0 spiro atoms. The minimum absolute atomic E-state index is 0.0138. The highest BCUT2D eigenvalue weighted by atomic mass is 19.1. The SMILES string of the molecule is COC(=O)N[C@H]1CCC[C@@H]1C(CN1CCC1)(c1cc(F)cc(F)c1)C1CCN(CC2(F)CN(c3ccc(C#N)cc3)C2)CC1. The molecule has 4 aliphatic rings. The second kappa shape index (κ2) is 12.6. The van der Waals surface area contributed by atoms with Gasteiger partial charge >= 0.3 is 6.09 Å². The highest BCUT2D eigenvalue weighted by molar-refractivity contribution is 5.67. The van der Waals surface area contributed by atoms with E-state index in [0.717, 1.165) is 63.4 Å². The van der Waals surface area contributed by atoms with Crippen molar-refractivity contribution in [3.05, 3.63) is 65.2 Å². The van der Waals surface area contributed by atoms with Crippen molar-refractivity contribution in [2.24, 2.45) is 11.8 Å². The van der Waals surface area contributed by atoms with E-state index in [1.807, 2.05) is 17.0 Å². The number of halogens is 3. The Labute approximate surface area is 257 Å². The van der Waals surface area contributed by atoms with Crippen molar-refractivity contribution in [2.75, 3.05) is 64.4 Å². The molecule has 2 aromatic carbocycles. The van der Waals surface area contributed by atoms with Crippen molar-refractivity contribution in [1.82, 2.24) is 15.1 Å². The molecule has 1 unspecified atom stereocenters. The number of alkyl halides is 1. The fraction of sp³-hybridized carbons (Fsp3) is 0.588. The lowest BCUT2D eigenvalue weighted by molar-refractivity contribution is 0.00573. The number of carbonyl (C=O) groups excluding carboxylic acids is 1. The maximum atomic E-state index is 15.9. The zero-order valence-corrected chi connectivity index (χ0v) is 25.4. The summed E-state index contributed by atoms with van der Waals surface area (Å²) in [6, 6.07) is 13.1. The Morgan fingerprint density at radius 3 is 2.27 bits per heavy atom. The molecular formula is C34H42F3N5O2. The predicted molar refractivity (Wildman–Crippen MR) is 162 cm³/mol. The van der Waals surface area contributed by atoms with Gasteiger partial charge in [0, 0.05) is 36.3 Å². The average Bonchev–Trinajstić information content (AvgIpc) is 3.44. The summed E-state index contributed by atoms with van der Waals surface area (Å²) < 4.78 is 50.6. The first-order chi connectivity index (χ1) is 21.2. The highest BCUT2D eigenvalue weighted by Gasteiger charge is 2.54. The van der Waals surface area contributed by atoms with E-state index in [1.54, 1.807) is 12.1 Å². The van der Waals surface area contributed by atoms with Crippen molar-refractivity contribution in [3.63, 3.8) is 0 Å². The smallest absolute Gasteiger partial charge is 0.407 e. The summed E-state index contributed by atoms with van der Waals surface area (Å²) in [7, 11) is 1.35. The molecule has 1 N–H and O–H groups in total.